The molecule has 3 aromatic rings. The summed E-state index contributed by atoms with van der Waals surface area (Å²) in [4.78, 5) is 1.95. The van der Waals surface area contributed by atoms with Crippen LogP contribution in [0.4, 0.5) is 10.2 Å². The van der Waals surface area contributed by atoms with Gasteiger partial charge in [-0.3, -0.25) is 0 Å². The van der Waals surface area contributed by atoms with Gasteiger partial charge in [-0.1, -0.05) is 22.0 Å². The molecule has 7 heteroatoms. The third-order valence-electron chi connectivity index (χ3n) is 3.41. The number of hydrogen-bond donors (Lipinski definition) is 0. The molecule has 0 saturated heterocycles. The molecule has 0 spiro atoms. The first-order valence-electron chi connectivity index (χ1n) is 7.04. The molecular formula is C16H15BrFN5. The van der Waals surface area contributed by atoms with Crippen molar-refractivity contribution in [1.82, 2.24) is 20.0 Å². The summed E-state index contributed by atoms with van der Waals surface area (Å²) < 4.78 is 15.6. The van der Waals surface area contributed by atoms with Gasteiger partial charge < -0.3 is 4.90 Å². The van der Waals surface area contributed by atoms with Crippen molar-refractivity contribution in [1.29, 1.82) is 0 Å². The molecule has 0 aliphatic heterocycles. The molecule has 2 aromatic heterocycles. The maximum atomic E-state index is 13.1. The molecule has 0 radical (unpaired) electrons. The lowest BCUT2D eigenvalue weighted by Crippen LogP contribution is -2.18. The summed E-state index contributed by atoms with van der Waals surface area (Å²) in [6, 6.07) is 10.3. The Hall–Kier alpha value is -2.28. The third-order valence-corrected chi connectivity index (χ3v) is 4.15. The number of nitrogens with zero attached hydrogens (tertiary/aromatic N) is 5. The van der Waals surface area contributed by atoms with Gasteiger partial charge in [0.05, 0.1) is 5.69 Å². The van der Waals surface area contributed by atoms with Crippen molar-refractivity contribution < 1.29 is 4.39 Å². The summed E-state index contributed by atoms with van der Waals surface area (Å²) in [5.41, 5.74) is 1.90. The molecule has 118 valence electrons. The highest BCUT2D eigenvalue weighted by Crippen LogP contribution is 2.21. The minimum Gasteiger partial charge on any atom is -0.354 e. The van der Waals surface area contributed by atoms with Crippen LogP contribution in [0.5, 0.6) is 0 Å². The Balaban J connectivity index is 1.76. The summed E-state index contributed by atoms with van der Waals surface area (Å²) in [7, 11) is 1.91. The SMILES string of the molecule is Cc1ccn(-c2ccc(N(C)Cc3ccc(F)cc3Br)nn2)n1. The molecule has 0 aliphatic rings. The van der Waals surface area contributed by atoms with Crippen LogP contribution in [0.2, 0.25) is 0 Å². The third kappa shape index (κ3) is 3.56. The second kappa shape index (κ2) is 6.45. The van der Waals surface area contributed by atoms with Crippen molar-refractivity contribution in [3.8, 4) is 5.82 Å². The van der Waals surface area contributed by atoms with E-state index < -0.39 is 0 Å². The van der Waals surface area contributed by atoms with Gasteiger partial charge in [-0.15, -0.1) is 10.2 Å². The smallest absolute Gasteiger partial charge is 0.175 e. The normalized spacial score (nSPS) is 10.8. The number of aromatic nitrogens is 4. The molecule has 0 bridgehead atoms. The number of benzene rings is 1. The largest absolute Gasteiger partial charge is 0.354 e. The molecular weight excluding hydrogens is 361 g/mol. The monoisotopic (exact) mass is 375 g/mol. The minimum absolute atomic E-state index is 0.262. The van der Waals surface area contributed by atoms with E-state index in [1.165, 1.54) is 12.1 Å². The quantitative estimate of drug-likeness (QED) is 0.699. The number of rotatable bonds is 4. The standard InChI is InChI=1S/C16H15BrFN5/c1-11-7-8-23(21-11)16-6-5-15(19-20-16)22(2)10-12-3-4-13(18)9-14(12)17/h3-9H,10H2,1-2H3. The molecule has 23 heavy (non-hydrogen) atoms. The Labute approximate surface area is 141 Å². The maximum absolute atomic E-state index is 13.1. The number of anilines is 1. The maximum Gasteiger partial charge on any atom is 0.175 e. The number of hydrogen-bond acceptors (Lipinski definition) is 4. The van der Waals surface area contributed by atoms with Crippen LogP contribution in [0.15, 0.2) is 47.1 Å². The van der Waals surface area contributed by atoms with E-state index in [0.717, 1.165) is 21.5 Å². The minimum atomic E-state index is -0.262. The first kappa shape index (κ1) is 15.6. The van der Waals surface area contributed by atoms with Gasteiger partial charge in [-0.05, 0) is 42.8 Å². The molecule has 0 fully saturated rings. The van der Waals surface area contributed by atoms with Crippen LogP contribution >= 0.6 is 15.9 Å². The Morgan fingerprint density at radius 1 is 1.17 bits per heavy atom. The van der Waals surface area contributed by atoms with Gasteiger partial charge in [0.1, 0.15) is 5.82 Å². The van der Waals surface area contributed by atoms with Gasteiger partial charge in [0, 0.05) is 24.3 Å². The van der Waals surface area contributed by atoms with Gasteiger partial charge in [0.25, 0.3) is 0 Å². The predicted octanol–water partition coefficient (Wildman–Crippen LogP) is 3.51. The van der Waals surface area contributed by atoms with E-state index in [1.54, 1.807) is 10.7 Å². The van der Waals surface area contributed by atoms with E-state index in [2.05, 4.69) is 31.2 Å². The first-order valence-corrected chi connectivity index (χ1v) is 7.83. The molecule has 2 heterocycles. The highest BCUT2D eigenvalue weighted by atomic mass is 79.9. The Kier molecular flexibility index (Phi) is 4.38. The molecule has 0 atom stereocenters. The van der Waals surface area contributed by atoms with Crippen molar-refractivity contribution in [2.24, 2.45) is 0 Å². The zero-order chi connectivity index (χ0) is 16.4. The molecule has 3 rings (SSSR count). The van der Waals surface area contributed by atoms with Crippen LogP contribution in [0.1, 0.15) is 11.3 Å². The van der Waals surface area contributed by atoms with Gasteiger partial charge in [0.15, 0.2) is 11.6 Å². The molecule has 0 amide bonds. The zero-order valence-electron chi connectivity index (χ0n) is 12.7. The molecule has 0 unspecified atom stereocenters. The average molecular weight is 376 g/mol. The lowest BCUT2D eigenvalue weighted by molar-refractivity contribution is 0.625. The summed E-state index contributed by atoms with van der Waals surface area (Å²) in [6.45, 7) is 2.52. The first-order chi connectivity index (χ1) is 11.0. The fourth-order valence-corrected chi connectivity index (χ4v) is 2.65. The topological polar surface area (TPSA) is 46.8 Å². The van der Waals surface area contributed by atoms with E-state index in [4.69, 9.17) is 0 Å². The van der Waals surface area contributed by atoms with Crippen LogP contribution in [-0.2, 0) is 6.54 Å². The van der Waals surface area contributed by atoms with E-state index in [-0.39, 0.29) is 5.82 Å². The second-order valence-electron chi connectivity index (χ2n) is 5.24. The van der Waals surface area contributed by atoms with Gasteiger partial charge in [-0.2, -0.15) is 5.10 Å². The average Bonchev–Trinajstić information content (AvgIpc) is 2.97. The van der Waals surface area contributed by atoms with Gasteiger partial charge >= 0.3 is 0 Å². The summed E-state index contributed by atoms with van der Waals surface area (Å²) in [6.07, 6.45) is 1.85. The highest BCUT2D eigenvalue weighted by molar-refractivity contribution is 9.10. The van der Waals surface area contributed by atoms with Crippen molar-refractivity contribution in [2.45, 2.75) is 13.5 Å². The molecule has 5 nitrogen and oxygen atoms in total. The lowest BCUT2D eigenvalue weighted by atomic mass is 10.2. The van der Waals surface area contributed by atoms with Crippen LogP contribution in [-0.4, -0.2) is 27.0 Å². The van der Waals surface area contributed by atoms with Gasteiger partial charge in [0.2, 0.25) is 0 Å². The Bertz CT molecular complexity index is 816. The Morgan fingerprint density at radius 2 is 2.00 bits per heavy atom. The van der Waals surface area contributed by atoms with E-state index >= 15 is 0 Å². The molecule has 1 aromatic carbocycles. The lowest BCUT2D eigenvalue weighted by Gasteiger charge is -2.18. The van der Waals surface area contributed by atoms with Crippen molar-refractivity contribution in [3.63, 3.8) is 0 Å². The van der Waals surface area contributed by atoms with Crippen LogP contribution < -0.4 is 4.90 Å². The number of aryl methyl sites for hydroxylation is 1. The molecule has 0 saturated carbocycles. The van der Waals surface area contributed by atoms with Gasteiger partial charge in [-0.25, -0.2) is 9.07 Å². The van der Waals surface area contributed by atoms with Crippen LogP contribution in [0, 0.1) is 12.7 Å². The summed E-state index contributed by atoms with van der Waals surface area (Å²) >= 11 is 3.38. The zero-order valence-corrected chi connectivity index (χ0v) is 14.3. The predicted molar refractivity (Wildman–Crippen MR) is 90.1 cm³/mol. The highest BCUT2D eigenvalue weighted by Gasteiger charge is 2.09. The van der Waals surface area contributed by atoms with E-state index in [0.29, 0.717) is 12.4 Å². The van der Waals surface area contributed by atoms with Crippen molar-refractivity contribution >= 4 is 21.7 Å². The summed E-state index contributed by atoms with van der Waals surface area (Å²) in [5, 5.41) is 12.7. The second-order valence-corrected chi connectivity index (χ2v) is 6.10. The number of halogens is 2. The molecule has 0 N–H and O–H groups in total. The van der Waals surface area contributed by atoms with Crippen LogP contribution in [0.25, 0.3) is 5.82 Å². The van der Waals surface area contributed by atoms with E-state index in [9.17, 15) is 4.39 Å². The van der Waals surface area contributed by atoms with E-state index in [1.807, 2.05) is 43.3 Å². The Morgan fingerprint density at radius 3 is 2.61 bits per heavy atom. The fourth-order valence-electron chi connectivity index (χ4n) is 2.17. The van der Waals surface area contributed by atoms with Crippen molar-refractivity contribution in [2.75, 3.05) is 11.9 Å². The molecule has 0 aliphatic carbocycles. The fraction of sp³-hybridized carbons (Fsp3) is 0.188. The van der Waals surface area contributed by atoms with Crippen LogP contribution in [0.3, 0.4) is 0 Å². The van der Waals surface area contributed by atoms with Crippen molar-refractivity contribution in [3.05, 3.63) is 64.1 Å². The summed E-state index contributed by atoms with van der Waals surface area (Å²) in [5.74, 6) is 1.13.